The molecule has 42 heavy (non-hydrogen) atoms. The Kier molecular flexibility index (Phi) is 9.12. The first-order chi connectivity index (χ1) is 20.1. The highest BCUT2D eigenvalue weighted by Crippen LogP contribution is 2.34. The molecule has 0 radical (unpaired) electrons. The highest BCUT2D eigenvalue weighted by molar-refractivity contribution is 7.89. The van der Waals surface area contributed by atoms with Gasteiger partial charge in [-0.15, -0.1) is 0 Å². The molecule has 0 fully saturated rings. The lowest BCUT2D eigenvalue weighted by atomic mass is 9.97. The number of nitrogens with zero attached hydrogens (tertiary/aromatic N) is 3. The van der Waals surface area contributed by atoms with E-state index in [1.165, 1.54) is 6.20 Å². The fourth-order valence-electron chi connectivity index (χ4n) is 5.28. The lowest BCUT2D eigenvalue weighted by Crippen LogP contribution is -2.36. The van der Waals surface area contributed by atoms with Gasteiger partial charge < -0.3 is 19.5 Å². The number of fused-ring (bicyclic) bond motifs is 2. The molecule has 4 aromatic rings. The number of hydrogen-bond acceptors (Lipinski definition) is 8. The number of benzene rings is 2. The van der Waals surface area contributed by atoms with Crippen LogP contribution in [0.15, 0.2) is 70.3 Å². The predicted octanol–water partition coefficient (Wildman–Crippen LogP) is 5.01. The van der Waals surface area contributed by atoms with Crippen LogP contribution in [0.2, 0.25) is 5.15 Å². The van der Waals surface area contributed by atoms with E-state index >= 15 is 0 Å². The first kappa shape index (κ1) is 30.0. The van der Waals surface area contributed by atoms with Crippen LogP contribution in [0.3, 0.4) is 0 Å². The Morgan fingerprint density at radius 2 is 1.95 bits per heavy atom. The van der Waals surface area contributed by atoms with Crippen molar-refractivity contribution < 1.29 is 22.5 Å². The standard InChI is InChI=1S/C30H34ClN5O5S/c1-19(2)17-36(3)18-20-9-10-22-24(11-12-40-26(22)13-20)34-28(37)14-25(21-7-5-4-6-8-21)35-42(38,39)27-16-32-30(31)23-15-33-41-29(23)27/h4-10,13,15-16,19,24-25,35H,11-12,14,17-18H2,1-3H3,(H,34,37). The molecule has 222 valence electrons. The Morgan fingerprint density at radius 3 is 2.71 bits per heavy atom. The zero-order chi connectivity index (χ0) is 29.9. The Labute approximate surface area is 250 Å². The minimum Gasteiger partial charge on any atom is -0.493 e. The summed E-state index contributed by atoms with van der Waals surface area (Å²) in [6, 6.07) is 13.9. The largest absolute Gasteiger partial charge is 0.493 e. The van der Waals surface area contributed by atoms with Crippen molar-refractivity contribution in [3.63, 3.8) is 0 Å². The van der Waals surface area contributed by atoms with Crippen LogP contribution in [0.4, 0.5) is 0 Å². The topological polar surface area (TPSA) is 127 Å². The predicted molar refractivity (Wildman–Crippen MR) is 160 cm³/mol. The molecule has 0 aliphatic carbocycles. The van der Waals surface area contributed by atoms with Crippen molar-refractivity contribution in [1.82, 2.24) is 25.1 Å². The van der Waals surface area contributed by atoms with Gasteiger partial charge in [-0.1, -0.05) is 73.1 Å². The molecule has 0 saturated heterocycles. The molecule has 0 saturated carbocycles. The number of rotatable bonds is 11. The first-order valence-electron chi connectivity index (χ1n) is 13.8. The summed E-state index contributed by atoms with van der Waals surface area (Å²) in [6.45, 7) is 6.64. The molecule has 1 aliphatic heterocycles. The quantitative estimate of drug-likeness (QED) is 0.227. The number of amides is 1. The lowest BCUT2D eigenvalue weighted by molar-refractivity contribution is -0.122. The Bertz CT molecular complexity index is 1660. The zero-order valence-electron chi connectivity index (χ0n) is 23.7. The van der Waals surface area contributed by atoms with Gasteiger partial charge in [-0.3, -0.25) is 4.79 Å². The van der Waals surface area contributed by atoms with Crippen molar-refractivity contribution in [2.75, 3.05) is 20.2 Å². The minimum absolute atomic E-state index is 0.00709. The Morgan fingerprint density at radius 1 is 1.17 bits per heavy atom. The van der Waals surface area contributed by atoms with Crippen LogP contribution in [0.5, 0.6) is 5.75 Å². The van der Waals surface area contributed by atoms with Gasteiger partial charge in [0.25, 0.3) is 0 Å². The van der Waals surface area contributed by atoms with Crippen LogP contribution in [-0.2, 0) is 21.4 Å². The number of sulfonamides is 1. The summed E-state index contributed by atoms with van der Waals surface area (Å²) in [6.07, 6.45) is 2.90. The van der Waals surface area contributed by atoms with E-state index in [-0.39, 0.29) is 39.4 Å². The second-order valence-corrected chi connectivity index (χ2v) is 13.0. The van der Waals surface area contributed by atoms with Crippen molar-refractivity contribution in [1.29, 1.82) is 0 Å². The molecule has 1 amide bonds. The van der Waals surface area contributed by atoms with Crippen LogP contribution in [0.1, 0.15) is 55.5 Å². The maximum Gasteiger partial charge on any atom is 0.246 e. The van der Waals surface area contributed by atoms with Crippen molar-refractivity contribution in [3.05, 3.63) is 82.8 Å². The highest BCUT2D eigenvalue weighted by atomic mass is 35.5. The molecular weight excluding hydrogens is 578 g/mol. The molecule has 0 bridgehead atoms. The fourth-order valence-corrected chi connectivity index (χ4v) is 6.77. The van der Waals surface area contributed by atoms with Crippen LogP contribution in [-0.4, -0.2) is 49.6 Å². The molecule has 2 atom stereocenters. The second kappa shape index (κ2) is 12.8. The number of nitrogens with one attached hydrogen (secondary N) is 2. The van der Waals surface area contributed by atoms with Gasteiger partial charge in [0.15, 0.2) is 5.58 Å². The fraction of sp³-hybridized carbons (Fsp3) is 0.367. The number of hydrogen-bond donors (Lipinski definition) is 2. The van der Waals surface area contributed by atoms with Gasteiger partial charge in [-0.05, 0) is 30.2 Å². The van der Waals surface area contributed by atoms with E-state index in [0.29, 0.717) is 24.5 Å². The van der Waals surface area contributed by atoms with Crippen LogP contribution < -0.4 is 14.8 Å². The zero-order valence-corrected chi connectivity index (χ0v) is 25.3. The monoisotopic (exact) mass is 611 g/mol. The maximum atomic E-state index is 13.5. The van der Waals surface area contributed by atoms with E-state index in [1.807, 2.05) is 18.2 Å². The maximum absolute atomic E-state index is 13.5. The first-order valence-corrected chi connectivity index (χ1v) is 15.7. The number of carbonyl (C=O) groups is 1. The Hall–Kier alpha value is -3.51. The highest BCUT2D eigenvalue weighted by Gasteiger charge is 2.30. The number of aromatic nitrogens is 2. The second-order valence-electron chi connectivity index (χ2n) is 11.0. The molecular formula is C30H34ClN5O5S. The van der Waals surface area contributed by atoms with E-state index in [2.05, 4.69) is 52.0 Å². The van der Waals surface area contributed by atoms with E-state index in [4.69, 9.17) is 20.9 Å². The Balaban J connectivity index is 1.33. The summed E-state index contributed by atoms with van der Waals surface area (Å²) in [4.78, 5) is 19.4. The summed E-state index contributed by atoms with van der Waals surface area (Å²) < 4.78 is 40.8. The van der Waals surface area contributed by atoms with Crippen molar-refractivity contribution in [2.24, 2.45) is 5.92 Å². The molecule has 2 unspecified atom stereocenters. The van der Waals surface area contributed by atoms with Gasteiger partial charge in [0.05, 0.1) is 36.5 Å². The number of ether oxygens (including phenoxy) is 1. The molecule has 3 heterocycles. The molecule has 5 rings (SSSR count). The van der Waals surface area contributed by atoms with Crippen molar-refractivity contribution in [2.45, 2.75) is 50.2 Å². The average molecular weight is 612 g/mol. The summed E-state index contributed by atoms with van der Waals surface area (Å²) in [5.41, 5.74) is 2.67. The third-order valence-corrected chi connectivity index (χ3v) is 8.84. The van der Waals surface area contributed by atoms with E-state index in [0.717, 1.165) is 36.2 Å². The summed E-state index contributed by atoms with van der Waals surface area (Å²) in [7, 11) is -2.08. The molecule has 2 aromatic heterocycles. The summed E-state index contributed by atoms with van der Waals surface area (Å²) in [5.74, 6) is 1.02. The van der Waals surface area contributed by atoms with Crippen molar-refractivity contribution in [3.8, 4) is 5.75 Å². The number of pyridine rings is 1. The molecule has 2 N–H and O–H groups in total. The van der Waals surface area contributed by atoms with E-state index < -0.39 is 16.1 Å². The van der Waals surface area contributed by atoms with Crippen molar-refractivity contribution >= 4 is 38.5 Å². The summed E-state index contributed by atoms with van der Waals surface area (Å²) in [5, 5.41) is 7.12. The average Bonchev–Trinajstić information content (AvgIpc) is 3.43. The molecule has 0 spiro atoms. The molecule has 1 aliphatic rings. The SMILES string of the molecule is CC(C)CN(C)Cc1ccc2c(c1)OCCC2NC(=O)CC(NS(=O)(=O)c1cnc(Cl)c2cnoc12)c1ccccc1. The number of halogens is 1. The van der Waals surface area contributed by atoms with E-state index in [1.54, 1.807) is 24.3 Å². The van der Waals surface area contributed by atoms with Crippen LogP contribution in [0.25, 0.3) is 11.0 Å². The van der Waals surface area contributed by atoms with Gasteiger partial charge in [-0.2, -0.15) is 0 Å². The van der Waals surface area contributed by atoms with Gasteiger partial charge in [0, 0.05) is 31.5 Å². The van der Waals surface area contributed by atoms with Gasteiger partial charge in [-0.25, -0.2) is 18.1 Å². The normalized spacial score (nSPS) is 15.9. The van der Waals surface area contributed by atoms with Crippen LogP contribution in [0, 0.1) is 5.92 Å². The smallest absolute Gasteiger partial charge is 0.246 e. The van der Waals surface area contributed by atoms with Gasteiger partial charge in [0.1, 0.15) is 15.8 Å². The molecule has 2 aromatic carbocycles. The van der Waals surface area contributed by atoms with Gasteiger partial charge >= 0.3 is 0 Å². The van der Waals surface area contributed by atoms with Crippen LogP contribution >= 0.6 is 11.6 Å². The van der Waals surface area contributed by atoms with Gasteiger partial charge in [0.2, 0.25) is 15.9 Å². The molecule has 10 nitrogen and oxygen atoms in total. The third-order valence-electron chi connectivity index (χ3n) is 7.07. The minimum atomic E-state index is -4.18. The summed E-state index contributed by atoms with van der Waals surface area (Å²) >= 11 is 6.08. The lowest BCUT2D eigenvalue weighted by Gasteiger charge is -2.28. The number of carbonyl (C=O) groups excluding carboxylic acids is 1. The third kappa shape index (κ3) is 6.92. The molecule has 12 heteroatoms. The van der Waals surface area contributed by atoms with E-state index in [9.17, 15) is 13.2 Å².